The molecule has 0 aromatic carbocycles. The van der Waals surface area contributed by atoms with Gasteiger partial charge in [-0.2, -0.15) is 4.31 Å². The molecule has 3 N–H and O–H groups in total. The van der Waals surface area contributed by atoms with Gasteiger partial charge in [0.1, 0.15) is 10.3 Å². The first-order valence-corrected chi connectivity index (χ1v) is 8.33. The van der Waals surface area contributed by atoms with Crippen LogP contribution < -0.4 is 11.1 Å². The molecule has 1 atom stereocenters. The number of nitrogens with two attached hydrogens (primary N) is 1. The number of carbonyl (C=O) groups is 1. The lowest BCUT2D eigenvalue weighted by molar-refractivity contribution is -0.122. The van der Waals surface area contributed by atoms with Crippen LogP contribution in [0.2, 0.25) is 0 Å². The number of primary amides is 1. The Balaban J connectivity index is 2.34. The highest BCUT2D eigenvalue weighted by Crippen LogP contribution is 2.26. The van der Waals surface area contributed by atoms with Gasteiger partial charge in [-0.1, -0.05) is 6.92 Å². The Bertz CT molecular complexity index is 567. The number of amides is 1. The standard InChI is InChI=1S/C11H17N3O3S2/c1-2-8-3-4-10(18-8)19(16,17)14-6-5-13-7-9(14)11(12)15/h3-4,9,13H,2,5-7H2,1H3,(H2,12,15). The number of aryl methyl sites for hydroxylation is 1. The van der Waals surface area contributed by atoms with Crippen molar-refractivity contribution in [2.45, 2.75) is 23.6 Å². The summed E-state index contributed by atoms with van der Waals surface area (Å²) in [5.74, 6) is -0.622. The number of piperazine rings is 1. The normalized spacial score (nSPS) is 21.4. The molecule has 2 rings (SSSR count). The van der Waals surface area contributed by atoms with E-state index in [1.54, 1.807) is 12.1 Å². The third kappa shape index (κ3) is 2.81. The van der Waals surface area contributed by atoms with Crippen molar-refractivity contribution in [2.24, 2.45) is 5.73 Å². The summed E-state index contributed by atoms with van der Waals surface area (Å²) in [7, 11) is -3.63. The number of hydrogen-bond acceptors (Lipinski definition) is 5. The fraction of sp³-hybridized carbons (Fsp3) is 0.545. The van der Waals surface area contributed by atoms with Gasteiger partial charge in [-0.05, 0) is 18.6 Å². The van der Waals surface area contributed by atoms with Crippen molar-refractivity contribution in [3.8, 4) is 0 Å². The molecule has 0 aliphatic carbocycles. The third-order valence-corrected chi connectivity index (χ3v) is 6.68. The number of nitrogens with one attached hydrogen (secondary N) is 1. The average molecular weight is 303 g/mol. The first kappa shape index (κ1) is 14.4. The summed E-state index contributed by atoms with van der Waals surface area (Å²) in [4.78, 5) is 12.4. The zero-order valence-electron chi connectivity index (χ0n) is 10.6. The Kier molecular flexibility index (Phi) is 4.24. The van der Waals surface area contributed by atoms with E-state index in [2.05, 4.69) is 5.32 Å². The molecule has 6 nitrogen and oxygen atoms in total. The molecule has 106 valence electrons. The maximum atomic E-state index is 12.5. The lowest BCUT2D eigenvalue weighted by Gasteiger charge is -2.32. The Labute approximate surface area is 116 Å². The molecule has 0 spiro atoms. The molecule has 0 bridgehead atoms. The van der Waals surface area contributed by atoms with Crippen LogP contribution in [-0.4, -0.2) is 44.3 Å². The Morgan fingerprint density at radius 2 is 2.32 bits per heavy atom. The second-order valence-corrected chi connectivity index (χ2v) is 7.60. The second-order valence-electron chi connectivity index (χ2n) is 4.31. The van der Waals surface area contributed by atoms with Crippen LogP contribution in [0.3, 0.4) is 0 Å². The molecule has 0 saturated carbocycles. The highest BCUT2D eigenvalue weighted by atomic mass is 32.2. The van der Waals surface area contributed by atoms with Gasteiger partial charge in [0.25, 0.3) is 10.0 Å². The van der Waals surface area contributed by atoms with Crippen molar-refractivity contribution in [2.75, 3.05) is 19.6 Å². The van der Waals surface area contributed by atoms with Crippen molar-refractivity contribution in [1.29, 1.82) is 0 Å². The molecule has 1 aliphatic heterocycles. The molecule has 19 heavy (non-hydrogen) atoms. The van der Waals surface area contributed by atoms with E-state index in [-0.39, 0.29) is 17.3 Å². The molecule has 1 aliphatic rings. The Morgan fingerprint density at radius 3 is 2.89 bits per heavy atom. The summed E-state index contributed by atoms with van der Waals surface area (Å²) >= 11 is 1.25. The van der Waals surface area contributed by atoms with Crippen molar-refractivity contribution in [3.05, 3.63) is 17.0 Å². The SMILES string of the molecule is CCc1ccc(S(=O)(=O)N2CCNCC2C(N)=O)s1. The van der Waals surface area contributed by atoms with Crippen molar-refractivity contribution < 1.29 is 13.2 Å². The third-order valence-electron chi connectivity index (χ3n) is 3.07. The van der Waals surface area contributed by atoms with Gasteiger partial charge in [0.15, 0.2) is 0 Å². The molecular weight excluding hydrogens is 286 g/mol. The largest absolute Gasteiger partial charge is 0.368 e. The van der Waals surface area contributed by atoms with Gasteiger partial charge in [-0.3, -0.25) is 4.79 Å². The van der Waals surface area contributed by atoms with Crippen molar-refractivity contribution in [1.82, 2.24) is 9.62 Å². The van der Waals surface area contributed by atoms with Crippen molar-refractivity contribution in [3.63, 3.8) is 0 Å². The van der Waals surface area contributed by atoms with E-state index in [1.807, 2.05) is 6.92 Å². The summed E-state index contributed by atoms with van der Waals surface area (Å²) in [6, 6.07) is 2.59. The van der Waals surface area contributed by atoms with E-state index in [1.165, 1.54) is 15.6 Å². The zero-order chi connectivity index (χ0) is 14.0. The van der Waals surface area contributed by atoms with E-state index >= 15 is 0 Å². The number of sulfonamides is 1. The minimum atomic E-state index is -3.63. The molecule has 1 amide bonds. The van der Waals surface area contributed by atoms with Gasteiger partial charge in [0.2, 0.25) is 5.91 Å². The summed E-state index contributed by atoms with van der Waals surface area (Å²) in [5, 5.41) is 2.98. The zero-order valence-corrected chi connectivity index (χ0v) is 12.3. The van der Waals surface area contributed by atoms with Crippen LogP contribution in [0.15, 0.2) is 16.3 Å². The summed E-state index contributed by atoms with van der Waals surface area (Å²) in [6.45, 7) is 3.02. The molecule has 1 aromatic heterocycles. The van der Waals surface area contributed by atoms with Crippen LogP contribution in [0.25, 0.3) is 0 Å². The van der Waals surface area contributed by atoms with Gasteiger partial charge in [0.05, 0.1) is 0 Å². The highest BCUT2D eigenvalue weighted by molar-refractivity contribution is 7.91. The van der Waals surface area contributed by atoms with Crippen molar-refractivity contribution >= 4 is 27.3 Å². The summed E-state index contributed by atoms with van der Waals surface area (Å²) in [5.41, 5.74) is 5.28. The van der Waals surface area contributed by atoms with Crippen LogP contribution in [0.1, 0.15) is 11.8 Å². The van der Waals surface area contributed by atoms with E-state index < -0.39 is 22.0 Å². The monoisotopic (exact) mass is 303 g/mol. The number of nitrogens with zero attached hydrogens (tertiary/aromatic N) is 1. The van der Waals surface area contributed by atoms with Gasteiger partial charge >= 0.3 is 0 Å². The molecule has 1 saturated heterocycles. The molecule has 1 aromatic rings. The van der Waals surface area contributed by atoms with Crippen LogP contribution in [-0.2, 0) is 21.2 Å². The fourth-order valence-electron chi connectivity index (χ4n) is 2.02. The number of thiophene rings is 1. The van der Waals surface area contributed by atoms with Crippen LogP contribution in [0.4, 0.5) is 0 Å². The molecular formula is C11H17N3O3S2. The first-order chi connectivity index (χ1) is 8.96. The summed E-state index contributed by atoms with van der Waals surface area (Å²) in [6.07, 6.45) is 0.793. The number of hydrogen-bond donors (Lipinski definition) is 2. The molecule has 0 radical (unpaired) electrons. The highest BCUT2D eigenvalue weighted by Gasteiger charge is 2.37. The summed E-state index contributed by atoms with van der Waals surface area (Å²) < 4.78 is 26.5. The lowest BCUT2D eigenvalue weighted by atomic mass is 10.2. The van der Waals surface area contributed by atoms with Crippen LogP contribution >= 0.6 is 11.3 Å². The maximum Gasteiger partial charge on any atom is 0.253 e. The first-order valence-electron chi connectivity index (χ1n) is 6.07. The van der Waals surface area contributed by atoms with E-state index in [9.17, 15) is 13.2 Å². The fourth-order valence-corrected chi connectivity index (χ4v) is 5.04. The number of rotatable bonds is 4. The lowest BCUT2D eigenvalue weighted by Crippen LogP contribution is -2.58. The minimum Gasteiger partial charge on any atom is -0.368 e. The topological polar surface area (TPSA) is 92.5 Å². The van der Waals surface area contributed by atoms with Gasteiger partial charge in [-0.25, -0.2) is 8.42 Å². The smallest absolute Gasteiger partial charge is 0.253 e. The van der Waals surface area contributed by atoms with Gasteiger partial charge in [-0.15, -0.1) is 11.3 Å². The predicted octanol–water partition coefficient (Wildman–Crippen LogP) is -0.242. The molecule has 1 unspecified atom stereocenters. The molecule has 2 heterocycles. The quantitative estimate of drug-likeness (QED) is 0.803. The van der Waals surface area contributed by atoms with E-state index in [4.69, 9.17) is 5.73 Å². The minimum absolute atomic E-state index is 0.259. The second kappa shape index (κ2) is 5.58. The predicted molar refractivity (Wildman–Crippen MR) is 73.4 cm³/mol. The van der Waals surface area contributed by atoms with Crippen LogP contribution in [0.5, 0.6) is 0 Å². The Morgan fingerprint density at radius 1 is 1.58 bits per heavy atom. The molecule has 1 fully saturated rings. The van der Waals surface area contributed by atoms with Gasteiger partial charge in [0, 0.05) is 24.5 Å². The van der Waals surface area contributed by atoms with E-state index in [0.717, 1.165) is 11.3 Å². The van der Waals surface area contributed by atoms with E-state index in [0.29, 0.717) is 6.54 Å². The Hall–Kier alpha value is -0.960. The average Bonchev–Trinajstić information content (AvgIpc) is 2.88. The van der Waals surface area contributed by atoms with Crippen LogP contribution in [0, 0.1) is 0 Å². The van der Waals surface area contributed by atoms with Gasteiger partial charge < -0.3 is 11.1 Å². The maximum absolute atomic E-state index is 12.5. The number of carbonyl (C=O) groups excluding carboxylic acids is 1. The molecule has 8 heteroatoms.